The van der Waals surface area contributed by atoms with Crippen molar-refractivity contribution in [3.8, 4) is 0 Å². The fourth-order valence-corrected chi connectivity index (χ4v) is 4.60. The van der Waals surface area contributed by atoms with Crippen LogP contribution in [0.15, 0.2) is 41.4 Å². The van der Waals surface area contributed by atoms with Gasteiger partial charge in [-0.2, -0.15) is 4.31 Å². The molecule has 21 heavy (non-hydrogen) atoms. The first-order chi connectivity index (χ1) is 10.1. The molecule has 1 aliphatic rings. The smallest absolute Gasteiger partial charge is 0.243 e. The maximum absolute atomic E-state index is 12.8. The number of nitrogens with zero attached hydrogens (tertiary/aromatic N) is 2. The molecule has 5 nitrogen and oxygen atoms in total. The van der Waals surface area contributed by atoms with E-state index in [1.165, 1.54) is 4.31 Å². The van der Waals surface area contributed by atoms with Gasteiger partial charge in [-0.1, -0.05) is 6.07 Å². The zero-order valence-corrected chi connectivity index (χ0v) is 12.5. The molecule has 2 aromatic rings. The largest absolute Gasteiger partial charge is 0.396 e. The SMILES string of the molecule is O=S(=O)(c1cccc2ncccc12)N1CCC(CCO)C1. The molecule has 0 spiro atoms. The number of sulfonamides is 1. The average Bonchev–Trinajstić information content (AvgIpc) is 2.96. The van der Waals surface area contributed by atoms with Gasteiger partial charge in [-0.3, -0.25) is 4.98 Å². The van der Waals surface area contributed by atoms with Crippen LogP contribution in [0.2, 0.25) is 0 Å². The van der Waals surface area contributed by atoms with Crippen LogP contribution in [0, 0.1) is 5.92 Å². The Bertz CT molecular complexity index is 740. The summed E-state index contributed by atoms with van der Waals surface area (Å²) < 4.78 is 27.2. The van der Waals surface area contributed by atoms with Crippen LogP contribution in [0.5, 0.6) is 0 Å². The predicted octanol–water partition coefficient (Wildman–Crippen LogP) is 1.63. The highest BCUT2D eigenvalue weighted by atomic mass is 32.2. The lowest BCUT2D eigenvalue weighted by Crippen LogP contribution is -2.29. The Kier molecular flexibility index (Phi) is 3.93. The van der Waals surface area contributed by atoms with Crippen LogP contribution in [0.3, 0.4) is 0 Å². The van der Waals surface area contributed by atoms with E-state index in [0.717, 1.165) is 6.42 Å². The maximum Gasteiger partial charge on any atom is 0.243 e. The topological polar surface area (TPSA) is 70.5 Å². The second kappa shape index (κ2) is 5.71. The summed E-state index contributed by atoms with van der Waals surface area (Å²) >= 11 is 0. The number of pyridine rings is 1. The van der Waals surface area contributed by atoms with Crippen molar-refractivity contribution < 1.29 is 13.5 Å². The lowest BCUT2D eigenvalue weighted by atomic mass is 10.1. The Hall–Kier alpha value is -1.50. The first-order valence-electron chi connectivity index (χ1n) is 7.07. The first-order valence-corrected chi connectivity index (χ1v) is 8.51. The van der Waals surface area contributed by atoms with Gasteiger partial charge in [0.05, 0.1) is 10.4 Å². The summed E-state index contributed by atoms with van der Waals surface area (Å²) in [4.78, 5) is 4.53. The molecule has 2 heterocycles. The van der Waals surface area contributed by atoms with Crippen LogP contribution in [-0.2, 0) is 10.0 Å². The monoisotopic (exact) mass is 306 g/mol. The minimum atomic E-state index is -3.50. The highest BCUT2D eigenvalue weighted by Gasteiger charge is 2.33. The number of aliphatic hydroxyl groups excluding tert-OH is 1. The van der Waals surface area contributed by atoms with E-state index in [-0.39, 0.29) is 12.5 Å². The van der Waals surface area contributed by atoms with E-state index in [1.807, 2.05) is 6.07 Å². The fourth-order valence-electron chi connectivity index (χ4n) is 2.87. The lowest BCUT2D eigenvalue weighted by Gasteiger charge is -2.17. The number of benzene rings is 1. The molecular weight excluding hydrogens is 288 g/mol. The van der Waals surface area contributed by atoms with Gasteiger partial charge in [0.25, 0.3) is 0 Å². The van der Waals surface area contributed by atoms with Gasteiger partial charge >= 0.3 is 0 Å². The van der Waals surface area contributed by atoms with Crippen molar-refractivity contribution in [1.82, 2.24) is 9.29 Å². The number of hydrogen-bond acceptors (Lipinski definition) is 4. The number of hydrogen-bond donors (Lipinski definition) is 1. The highest BCUT2D eigenvalue weighted by Crippen LogP contribution is 2.29. The standard InChI is InChI=1S/C15H18N2O3S/c18-10-7-12-6-9-17(11-12)21(19,20)15-5-1-4-14-13(15)3-2-8-16-14/h1-5,8,12,18H,6-7,9-11H2. The third kappa shape index (κ3) is 2.66. The van der Waals surface area contributed by atoms with Crippen molar-refractivity contribution in [3.05, 3.63) is 36.5 Å². The van der Waals surface area contributed by atoms with Gasteiger partial charge in [0, 0.05) is 31.3 Å². The van der Waals surface area contributed by atoms with Crippen molar-refractivity contribution in [1.29, 1.82) is 0 Å². The Balaban J connectivity index is 1.98. The van der Waals surface area contributed by atoms with E-state index in [1.54, 1.807) is 30.5 Å². The molecule has 1 N–H and O–H groups in total. The molecular formula is C15H18N2O3S. The molecule has 1 fully saturated rings. The molecule has 6 heteroatoms. The van der Waals surface area contributed by atoms with E-state index < -0.39 is 10.0 Å². The Morgan fingerprint density at radius 2 is 2.14 bits per heavy atom. The van der Waals surface area contributed by atoms with Crippen molar-refractivity contribution >= 4 is 20.9 Å². The van der Waals surface area contributed by atoms with Crippen molar-refractivity contribution in [2.75, 3.05) is 19.7 Å². The van der Waals surface area contributed by atoms with Crippen LogP contribution in [0.25, 0.3) is 10.9 Å². The van der Waals surface area contributed by atoms with E-state index in [0.29, 0.717) is 35.3 Å². The zero-order chi connectivity index (χ0) is 14.9. The third-order valence-electron chi connectivity index (χ3n) is 4.01. The van der Waals surface area contributed by atoms with E-state index >= 15 is 0 Å². The summed E-state index contributed by atoms with van der Waals surface area (Å²) in [6.45, 7) is 1.11. The molecule has 1 atom stereocenters. The zero-order valence-electron chi connectivity index (χ0n) is 11.6. The lowest BCUT2D eigenvalue weighted by molar-refractivity contribution is 0.260. The van der Waals surface area contributed by atoms with E-state index in [4.69, 9.17) is 5.11 Å². The minimum Gasteiger partial charge on any atom is -0.396 e. The second-order valence-corrected chi connectivity index (χ2v) is 7.26. The quantitative estimate of drug-likeness (QED) is 0.932. The Labute approximate surface area is 124 Å². The molecule has 1 saturated heterocycles. The molecule has 0 amide bonds. The second-order valence-electron chi connectivity index (χ2n) is 5.36. The predicted molar refractivity (Wildman–Crippen MR) is 80.3 cm³/mol. The van der Waals surface area contributed by atoms with Crippen LogP contribution in [0.4, 0.5) is 0 Å². The van der Waals surface area contributed by atoms with Gasteiger partial charge in [-0.15, -0.1) is 0 Å². The molecule has 3 rings (SSSR count). The van der Waals surface area contributed by atoms with Crippen LogP contribution < -0.4 is 0 Å². The van der Waals surface area contributed by atoms with Crippen molar-refractivity contribution in [3.63, 3.8) is 0 Å². The van der Waals surface area contributed by atoms with Crippen LogP contribution in [-0.4, -0.2) is 42.5 Å². The van der Waals surface area contributed by atoms with Gasteiger partial charge in [-0.05, 0) is 43.0 Å². The minimum absolute atomic E-state index is 0.108. The molecule has 1 aromatic heterocycles. The summed E-state index contributed by atoms with van der Waals surface area (Å²) in [5.74, 6) is 0.248. The van der Waals surface area contributed by atoms with Crippen molar-refractivity contribution in [2.45, 2.75) is 17.7 Å². The summed E-state index contributed by atoms with van der Waals surface area (Å²) in [7, 11) is -3.50. The summed E-state index contributed by atoms with van der Waals surface area (Å²) in [5.41, 5.74) is 0.685. The first kappa shape index (κ1) is 14.4. The average molecular weight is 306 g/mol. The number of fused-ring (bicyclic) bond motifs is 1. The summed E-state index contributed by atoms with van der Waals surface area (Å²) in [6.07, 6.45) is 3.12. The fraction of sp³-hybridized carbons (Fsp3) is 0.400. The molecule has 0 aliphatic carbocycles. The molecule has 0 saturated carbocycles. The van der Waals surface area contributed by atoms with E-state index in [9.17, 15) is 8.42 Å². The highest BCUT2D eigenvalue weighted by molar-refractivity contribution is 7.89. The molecule has 1 unspecified atom stereocenters. The van der Waals surface area contributed by atoms with Crippen molar-refractivity contribution in [2.24, 2.45) is 5.92 Å². The van der Waals surface area contributed by atoms with Crippen LogP contribution in [0.1, 0.15) is 12.8 Å². The molecule has 0 bridgehead atoms. The normalized spacial score (nSPS) is 20.1. The molecule has 1 aliphatic heterocycles. The number of aliphatic hydroxyl groups is 1. The molecule has 0 radical (unpaired) electrons. The van der Waals surface area contributed by atoms with Gasteiger partial charge in [0.1, 0.15) is 0 Å². The maximum atomic E-state index is 12.8. The molecule has 1 aromatic carbocycles. The van der Waals surface area contributed by atoms with Gasteiger partial charge in [0.15, 0.2) is 0 Å². The van der Waals surface area contributed by atoms with Gasteiger partial charge < -0.3 is 5.11 Å². The van der Waals surface area contributed by atoms with Gasteiger partial charge in [0.2, 0.25) is 10.0 Å². The van der Waals surface area contributed by atoms with E-state index in [2.05, 4.69) is 4.98 Å². The summed E-state index contributed by atoms with van der Waals surface area (Å²) in [5, 5.41) is 9.66. The Morgan fingerprint density at radius 3 is 2.95 bits per heavy atom. The molecule has 112 valence electrons. The number of aromatic nitrogens is 1. The number of rotatable bonds is 4. The Morgan fingerprint density at radius 1 is 1.29 bits per heavy atom. The van der Waals surface area contributed by atoms with Crippen LogP contribution >= 0.6 is 0 Å². The van der Waals surface area contributed by atoms with Gasteiger partial charge in [-0.25, -0.2) is 8.42 Å². The summed E-state index contributed by atoms with van der Waals surface area (Å²) in [6, 6.07) is 8.71. The third-order valence-corrected chi connectivity index (χ3v) is 5.93.